The Balaban J connectivity index is 2.82. The summed E-state index contributed by atoms with van der Waals surface area (Å²) in [7, 11) is 0. The molecule has 1 aromatic rings. The van der Waals surface area contributed by atoms with Gasteiger partial charge in [0.2, 0.25) is 0 Å². The molecule has 0 aliphatic carbocycles. The van der Waals surface area contributed by atoms with E-state index in [1.807, 2.05) is 0 Å². The zero-order valence-electron chi connectivity index (χ0n) is 7.91. The van der Waals surface area contributed by atoms with Crippen LogP contribution < -0.4 is 5.73 Å². The Labute approximate surface area is 82.9 Å². The van der Waals surface area contributed by atoms with Crippen molar-refractivity contribution in [1.82, 2.24) is 0 Å². The summed E-state index contributed by atoms with van der Waals surface area (Å²) < 4.78 is 12.8. The predicted octanol–water partition coefficient (Wildman–Crippen LogP) is 2.50. The number of halogens is 1. The van der Waals surface area contributed by atoms with Crippen molar-refractivity contribution in [2.45, 2.75) is 18.9 Å². The first kappa shape index (κ1) is 10.7. The molecule has 0 heterocycles. The van der Waals surface area contributed by atoms with Gasteiger partial charge in [-0.15, -0.1) is 6.58 Å². The highest BCUT2D eigenvalue weighted by molar-refractivity contribution is 5.34. The molecule has 0 amide bonds. The van der Waals surface area contributed by atoms with E-state index in [0.29, 0.717) is 12.0 Å². The van der Waals surface area contributed by atoms with E-state index in [1.54, 1.807) is 6.08 Å². The summed E-state index contributed by atoms with van der Waals surface area (Å²) in [4.78, 5) is 0. The minimum absolute atomic E-state index is 0.0444. The number of rotatable bonds is 4. The molecule has 3 heteroatoms. The number of nitrogens with two attached hydrogens (primary N) is 1. The monoisotopic (exact) mass is 195 g/mol. The third-order valence-corrected chi connectivity index (χ3v) is 2.07. The molecule has 0 saturated carbocycles. The number of aromatic hydroxyl groups is 1. The number of phenolic OH excluding ortho intramolecular Hbond substituents is 1. The third-order valence-electron chi connectivity index (χ3n) is 2.07. The fourth-order valence-electron chi connectivity index (χ4n) is 1.28. The minimum Gasteiger partial charge on any atom is -0.508 e. The summed E-state index contributed by atoms with van der Waals surface area (Å²) in [6, 6.07) is 3.45. The maximum Gasteiger partial charge on any atom is 0.123 e. The van der Waals surface area contributed by atoms with E-state index >= 15 is 0 Å². The van der Waals surface area contributed by atoms with E-state index in [0.717, 1.165) is 6.42 Å². The minimum atomic E-state index is -0.383. The van der Waals surface area contributed by atoms with E-state index in [-0.39, 0.29) is 17.6 Å². The molecule has 0 radical (unpaired) electrons. The molecule has 0 aromatic heterocycles. The van der Waals surface area contributed by atoms with E-state index in [4.69, 9.17) is 5.73 Å². The summed E-state index contributed by atoms with van der Waals surface area (Å²) in [5, 5.41) is 9.43. The van der Waals surface area contributed by atoms with Crippen LogP contribution in [0.15, 0.2) is 30.9 Å². The highest BCUT2D eigenvalue weighted by Gasteiger charge is 2.10. The van der Waals surface area contributed by atoms with Gasteiger partial charge in [0.1, 0.15) is 11.6 Å². The van der Waals surface area contributed by atoms with Crippen LogP contribution in [0.4, 0.5) is 4.39 Å². The normalized spacial score (nSPS) is 12.4. The van der Waals surface area contributed by atoms with Crippen LogP contribution in [-0.4, -0.2) is 5.11 Å². The van der Waals surface area contributed by atoms with E-state index < -0.39 is 0 Å². The molecule has 0 aliphatic rings. The van der Waals surface area contributed by atoms with Crippen LogP contribution in [0, 0.1) is 5.82 Å². The van der Waals surface area contributed by atoms with Crippen molar-refractivity contribution < 1.29 is 9.50 Å². The fraction of sp³-hybridized carbons (Fsp3) is 0.273. The smallest absolute Gasteiger partial charge is 0.123 e. The molecule has 0 saturated heterocycles. The number of phenols is 1. The van der Waals surface area contributed by atoms with Crippen LogP contribution in [0.1, 0.15) is 24.4 Å². The molecule has 76 valence electrons. The van der Waals surface area contributed by atoms with Crippen molar-refractivity contribution in [3.63, 3.8) is 0 Å². The average molecular weight is 195 g/mol. The summed E-state index contributed by atoms with van der Waals surface area (Å²) in [5.41, 5.74) is 6.23. The quantitative estimate of drug-likeness (QED) is 0.725. The molecule has 0 spiro atoms. The predicted molar refractivity (Wildman–Crippen MR) is 54.4 cm³/mol. The van der Waals surface area contributed by atoms with Crippen LogP contribution in [0.3, 0.4) is 0 Å². The zero-order chi connectivity index (χ0) is 10.6. The summed E-state index contributed by atoms with van der Waals surface area (Å²) >= 11 is 0. The molecule has 0 fully saturated rings. The Morgan fingerprint density at radius 1 is 1.57 bits per heavy atom. The molecule has 14 heavy (non-hydrogen) atoms. The standard InChI is InChI=1S/C11H14FNO/c1-2-3-4-10(13)9-7-8(12)5-6-11(9)14/h2,5-7,10,14H,1,3-4,13H2/t10-/m0/s1. The lowest BCUT2D eigenvalue weighted by molar-refractivity contribution is 0.455. The lowest BCUT2D eigenvalue weighted by atomic mass is 10.0. The molecule has 1 rings (SSSR count). The van der Waals surface area contributed by atoms with Crippen LogP contribution in [0.2, 0.25) is 0 Å². The Bertz CT molecular complexity index is 325. The van der Waals surface area contributed by atoms with Gasteiger partial charge in [0, 0.05) is 11.6 Å². The first-order valence-corrected chi connectivity index (χ1v) is 4.50. The topological polar surface area (TPSA) is 46.2 Å². The van der Waals surface area contributed by atoms with E-state index in [1.165, 1.54) is 18.2 Å². The molecular formula is C11H14FNO. The molecular weight excluding hydrogens is 181 g/mol. The largest absolute Gasteiger partial charge is 0.508 e. The van der Waals surface area contributed by atoms with E-state index in [9.17, 15) is 9.50 Å². The molecule has 3 N–H and O–H groups in total. The van der Waals surface area contributed by atoms with Crippen LogP contribution in [0.5, 0.6) is 5.75 Å². The van der Waals surface area contributed by atoms with Crippen LogP contribution >= 0.6 is 0 Å². The molecule has 0 bridgehead atoms. The van der Waals surface area contributed by atoms with Gasteiger partial charge in [-0.05, 0) is 31.0 Å². The van der Waals surface area contributed by atoms with Gasteiger partial charge in [-0.25, -0.2) is 4.39 Å². The fourth-order valence-corrected chi connectivity index (χ4v) is 1.28. The van der Waals surface area contributed by atoms with Crippen molar-refractivity contribution in [1.29, 1.82) is 0 Å². The van der Waals surface area contributed by atoms with Crippen LogP contribution in [0.25, 0.3) is 0 Å². The molecule has 0 unspecified atom stereocenters. The molecule has 1 atom stereocenters. The second-order valence-corrected chi connectivity index (χ2v) is 3.18. The van der Waals surface area contributed by atoms with Gasteiger partial charge < -0.3 is 10.8 Å². The Morgan fingerprint density at radius 3 is 2.93 bits per heavy atom. The SMILES string of the molecule is C=CCC[C@H](N)c1cc(F)ccc1O. The van der Waals surface area contributed by atoms with Gasteiger partial charge in [-0.1, -0.05) is 6.08 Å². The Morgan fingerprint density at radius 2 is 2.29 bits per heavy atom. The van der Waals surface area contributed by atoms with Crippen LogP contribution in [-0.2, 0) is 0 Å². The maximum atomic E-state index is 12.8. The van der Waals surface area contributed by atoms with Gasteiger partial charge in [0.15, 0.2) is 0 Å². The maximum absolute atomic E-state index is 12.8. The first-order chi connectivity index (χ1) is 6.65. The van der Waals surface area contributed by atoms with Crippen molar-refractivity contribution in [2.24, 2.45) is 5.73 Å². The Hall–Kier alpha value is -1.35. The second kappa shape index (κ2) is 4.77. The second-order valence-electron chi connectivity index (χ2n) is 3.18. The first-order valence-electron chi connectivity index (χ1n) is 4.50. The summed E-state index contributed by atoms with van der Waals surface area (Å²) in [5.74, 6) is -0.338. The van der Waals surface area contributed by atoms with Gasteiger partial charge in [-0.2, -0.15) is 0 Å². The van der Waals surface area contributed by atoms with Crippen molar-refractivity contribution >= 4 is 0 Å². The highest BCUT2D eigenvalue weighted by Crippen LogP contribution is 2.26. The van der Waals surface area contributed by atoms with Crippen molar-refractivity contribution in [3.8, 4) is 5.75 Å². The number of benzene rings is 1. The van der Waals surface area contributed by atoms with Gasteiger partial charge in [0.05, 0.1) is 0 Å². The lowest BCUT2D eigenvalue weighted by Gasteiger charge is -2.12. The number of allylic oxidation sites excluding steroid dienone is 1. The average Bonchev–Trinajstić information content (AvgIpc) is 2.18. The summed E-state index contributed by atoms with van der Waals surface area (Å²) in [6.07, 6.45) is 3.15. The van der Waals surface area contributed by atoms with Gasteiger partial charge >= 0.3 is 0 Å². The van der Waals surface area contributed by atoms with Gasteiger partial charge in [0.25, 0.3) is 0 Å². The highest BCUT2D eigenvalue weighted by atomic mass is 19.1. The molecule has 2 nitrogen and oxygen atoms in total. The van der Waals surface area contributed by atoms with E-state index in [2.05, 4.69) is 6.58 Å². The number of hydrogen-bond acceptors (Lipinski definition) is 2. The lowest BCUT2D eigenvalue weighted by Crippen LogP contribution is -2.10. The number of hydrogen-bond donors (Lipinski definition) is 2. The molecule has 1 aromatic carbocycles. The van der Waals surface area contributed by atoms with Crippen molar-refractivity contribution in [2.75, 3.05) is 0 Å². The molecule has 0 aliphatic heterocycles. The zero-order valence-corrected chi connectivity index (χ0v) is 7.91. The van der Waals surface area contributed by atoms with Gasteiger partial charge in [-0.3, -0.25) is 0 Å². The summed E-state index contributed by atoms with van der Waals surface area (Å²) in [6.45, 7) is 3.57. The van der Waals surface area contributed by atoms with Crippen molar-refractivity contribution in [3.05, 3.63) is 42.2 Å². The Kier molecular flexibility index (Phi) is 3.65. The third kappa shape index (κ3) is 2.57.